The van der Waals surface area contributed by atoms with Crippen LogP contribution in [-0.2, 0) is 6.54 Å². The van der Waals surface area contributed by atoms with Crippen LogP contribution < -0.4 is 5.32 Å². The van der Waals surface area contributed by atoms with E-state index < -0.39 is 17.6 Å². The fourth-order valence-corrected chi connectivity index (χ4v) is 1.67. The molecular formula is C14H11F2NO2. The lowest BCUT2D eigenvalue weighted by Gasteiger charge is -2.07. The van der Waals surface area contributed by atoms with E-state index in [0.29, 0.717) is 11.3 Å². The summed E-state index contributed by atoms with van der Waals surface area (Å²) in [5.74, 6) is -2.35. The third kappa shape index (κ3) is 3.51. The van der Waals surface area contributed by atoms with Gasteiger partial charge in [0.15, 0.2) is 0 Å². The zero-order valence-electron chi connectivity index (χ0n) is 9.86. The summed E-state index contributed by atoms with van der Waals surface area (Å²) in [4.78, 5) is 10.8. The monoisotopic (exact) mass is 263 g/mol. The highest BCUT2D eigenvalue weighted by atomic mass is 19.1. The average Bonchev–Trinajstić information content (AvgIpc) is 2.35. The van der Waals surface area contributed by atoms with Crippen molar-refractivity contribution in [2.45, 2.75) is 6.54 Å². The first-order valence-corrected chi connectivity index (χ1v) is 5.57. The summed E-state index contributed by atoms with van der Waals surface area (Å²) in [6.07, 6.45) is 0. The second-order valence-corrected chi connectivity index (χ2v) is 4.02. The van der Waals surface area contributed by atoms with Gasteiger partial charge < -0.3 is 10.4 Å². The highest BCUT2D eigenvalue weighted by molar-refractivity contribution is 5.87. The summed E-state index contributed by atoms with van der Waals surface area (Å²) in [6.45, 7) is 0.282. The van der Waals surface area contributed by atoms with Crippen LogP contribution in [0.1, 0.15) is 15.9 Å². The van der Waals surface area contributed by atoms with Crippen molar-refractivity contribution in [1.29, 1.82) is 0 Å². The Bertz CT molecular complexity index is 594. The van der Waals surface area contributed by atoms with Gasteiger partial charge in [-0.25, -0.2) is 13.6 Å². The Balaban J connectivity index is 2.10. The van der Waals surface area contributed by atoms with E-state index in [-0.39, 0.29) is 12.1 Å². The van der Waals surface area contributed by atoms with Gasteiger partial charge in [0.2, 0.25) is 0 Å². The molecule has 2 aromatic carbocycles. The molecule has 0 aliphatic carbocycles. The van der Waals surface area contributed by atoms with Gasteiger partial charge in [-0.2, -0.15) is 0 Å². The molecule has 0 heterocycles. The van der Waals surface area contributed by atoms with E-state index in [2.05, 4.69) is 5.32 Å². The van der Waals surface area contributed by atoms with E-state index in [1.54, 1.807) is 12.1 Å². The molecule has 0 amide bonds. The largest absolute Gasteiger partial charge is 0.478 e. The van der Waals surface area contributed by atoms with Crippen LogP contribution in [0, 0.1) is 11.6 Å². The third-order valence-corrected chi connectivity index (χ3v) is 2.53. The van der Waals surface area contributed by atoms with E-state index in [0.717, 1.165) is 6.07 Å². The normalized spacial score (nSPS) is 10.2. The molecule has 0 aliphatic rings. The number of aromatic carboxylic acids is 1. The standard InChI is InChI=1S/C14H11F2NO2/c15-11-5-12(16)7-13(6-11)17-8-9-2-1-3-10(4-9)14(18)19/h1-7,17H,8H2,(H,18,19). The fraction of sp³-hybridized carbons (Fsp3) is 0.0714. The van der Waals surface area contributed by atoms with Crippen molar-refractivity contribution >= 4 is 11.7 Å². The maximum Gasteiger partial charge on any atom is 0.335 e. The number of carboxylic acid groups (broad SMARTS) is 1. The van der Waals surface area contributed by atoms with Crippen LogP contribution in [0.5, 0.6) is 0 Å². The van der Waals surface area contributed by atoms with Crippen molar-refractivity contribution in [2.24, 2.45) is 0 Å². The zero-order chi connectivity index (χ0) is 13.8. The number of rotatable bonds is 4. The fourth-order valence-electron chi connectivity index (χ4n) is 1.67. The van der Waals surface area contributed by atoms with Gasteiger partial charge in [0.1, 0.15) is 11.6 Å². The number of nitrogens with one attached hydrogen (secondary N) is 1. The van der Waals surface area contributed by atoms with Crippen molar-refractivity contribution < 1.29 is 18.7 Å². The van der Waals surface area contributed by atoms with Crippen LogP contribution >= 0.6 is 0 Å². The van der Waals surface area contributed by atoms with Crippen molar-refractivity contribution in [2.75, 3.05) is 5.32 Å². The van der Waals surface area contributed by atoms with Crippen LogP contribution in [0.15, 0.2) is 42.5 Å². The molecule has 3 nitrogen and oxygen atoms in total. The predicted molar refractivity (Wildman–Crippen MR) is 67.1 cm³/mol. The molecule has 98 valence electrons. The van der Waals surface area contributed by atoms with Gasteiger partial charge in [0.25, 0.3) is 0 Å². The third-order valence-electron chi connectivity index (χ3n) is 2.53. The minimum absolute atomic E-state index is 0.171. The lowest BCUT2D eigenvalue weighted by Crippen LogP contribution is -2.02. The molecule has 0 aliphatic heterocycles. The van der Waals surface area contributed by atoms with Crippen LogP contribution in [0.4, 0.5) is 14.5 Å². The summed E-state index contributed by atoms with van der Waals surface area (Å²) in [5, 5.41) is 11.7. The van der Waals surface area contributed by atoms with Gasteiger partial charge in [-0.15, -0.1) is 0 Å². The SMILES string of the molecule is O=C(O)c1cccc(CNc2cc(F)cc(F)c2)c1. The van der Waals surface area contributed by atoms with Crippen molar-refractivity contribution in [3.05, 3.63) is 65.2 Å². The minimum atomic E-state index is -1.02. The van der Waals surface area contributed by atoms with Gasteiger partial charge in [-0.1, -0.05) is 12.1 Å². The Kier molecular flexibility index (Phi) is 3.75. The molecule has 5 heteroatoms. The first-order chi connectivity index (χ1) is 9.04. The Hall–Kier alpha value is -2.43. The minimum Gasteiger partial charge on any atom is -0.478 e. The number of halogens is 2. The molecule has 2 N–H and O–H groups in total. The maximum atomic E-state index is 13.0. The molecule has 0 bridgehead atoms. The lowest BCUT2D eigenvalue weighted by molar-refractivity contribution is 0.0697. The van der Waals surface area contributed by atoms with Crippen LogP contribution in [0.3, 0.4) is 0 Å². The topological polar surface area (TPSA) is 49.3 Å². The van der Waals surface area contributed by atoms with Crippen LogP contribution in [0.2, 0.25) is 0 Å². The molecule has 0 aromatic heterocycles. The van der Waals surface area contributed by atoms with Crippen LogP contribution in [-0.4, -0.2) is 11.1 Å². The number of anilines is 1. The van der Waals surface area contributed by atoms with E-state index in [1.807, 2.05) is 0 Å². The molecule has 0 saturated heterocycles. The average molecular weight is 263 g/mol. The van der Waals surface area contributed by atoms with Crippen molar-refractivity contribution in [3.8, 4) is 0 Å². The molecule has 0 unspecified atom stereocenters. The maximum absolute atomic E-state index is 13.0. The molecule has 2 rings (SSSR count). The van der Waals surface area contributed by atoms with E-state index in [9.17, 15) is 13.6 Å². The smallest absolute Gasteiger partial charge is 0.335 e. The molecule has 0 atom stereocenters. The number of hydrogen-bond acceptors (Lipinski definition) is 2. The predicted octanol–water partition coefficient (Wildman–Crippen LogP) is 3.28. The second kappa shape index (κ2) is 5.48. The number of carbonyl (C=O) groups is 1. The Morgan fingerprint density at radius 3 is 2.42 bits per heavy atom. The van der Waals surface area contributed by atoms with Crippen molar-refractivity contribution in [3.63, 3.8) is 0 Å². The molecular weight excluding hydrogens is 252 g/mol. The first-order valence-electron chi connectivity index (χ1n) is 5.57. The lowest BCUT2D eigenvalue weighted by atomic mass is 10.1. The molecule has 0 radical (unpaired) electrons. The summed E-state index contributed by atoms with van der Waals surface area (Å²) >= 11 is 0. The Labute approximate surface area is 108 Å². The Morgan fingerprint density at radius 2 is 1.79 bits per heavy atom. The molecule has 0 saturated carbocycles. The van der Waals surface area contributed by atoms with Gasteiger partial charge in [-0.05, 0) is 29.8 Å². The van der Waals surface area contributed by atoms with E-state index in [4.69, 9.17) is 5.11 Å². The molecule has 0 fully saturated rings. The zero-order valence-corrected chi connectivity index (χ0v) is 9.86. The first kappa shape index (κ1) is 13.0. The summed E-state index contributed by atoms with van der Waals surface area (Å²) in [5.41, 5.74) is 1.19. The summed E-state index contributed by atoms with van der Waals surface area (Å²) < 4.78 is 25.9. The van der Waals surface area contributed by atoms with Gasteiger partial charge >= 0.3 is 5.97 Å². The number of carboxylic acids is 1. The van der Waals surface area contributed by atoms with Gasteiger partial charge in [-0.3, -0.25) is 0 Å². The number of benzene rings is 2. The molecule has 19 heavy (non-hydrogen) atoms. The molecule has 0 spiro atoms. The van der Waals surface area contributed by atoms with Crippen molar-refractivity contribution in [1.82, 2.24) is 0 Å². The highest BCUT2D eigenvalue weighted by Crippen LogP contribution is 2.14. The molecule has 2 aromatic rings. The van der Waals surface area contributed by atoms with Crippen LogP contribution in [0.25, 0.3) is 0 Å². The Morgan fingerprint density at radius 1 is 1.11 bits per heavy atom. The summed E-state index contributed by atoms with van der Waals surface area (Å²) in [7, 11) is 0. The van der Waals surface area contributed by atoms with Gasteiger partial charge in [0, 0.05) is 18.3 Å². The quantitative estimate of drug-likeness (QED) is 0.890. The summed E-state index contributed by atoms with van der Waals surface area (Å²) in [6, 6.07) is 9.46. The highest BCUT2D eigenvalue weighted by Gasteiger charge is 2.04. The van der Waals surface area contributed by atoms with E-state index >= 15 is 0 Å². The van der Waals surface area contributed by atoms with Gasteiger partial charge in [0.05, 0.1) is 5.56 Å². The number of hydrogen-bond donors (Lipinski definition) is 2. The second-order valence-electron chi connectivity index (χ2n) is 4.02. The van der Waals surface area contributed by atoms with E-state index in [1.165, 1.54) is 24.3 Å².